The maximum atomic E-state index is 12.8. The smallest absolute Gasteiger partial charge is 0.337 e. The quantitative estimate of drug-likeness (QED) is 0.0568. The fourth-order valence-corrected chi connectivity index (χ4v) is 15.9. The van der Waals surface area contributed by atoms with Crippen LogP contribution in [0.3, 0.4) is 0 Å². The van der Waals surface area contributed by atoms with Gasteiger partial charge in [-0.05, 0) is 190 Å². The molecular weight excluding hydrogens is 1730 g/mol. The first-order chi connectivity index (χ1) is 61.1. The molecule has 0 aliphatic heterocycles. The fourth-order valence-electron chi connectivity index (χ4n) is 12.6. The number of fused-ring (bicyclic) bond motifs is 2. The van der Waals surface area contributed by atoms with E-state index < -0.39 is 76.8 Å². The number of methoxy groups -OCH3 is 2. The summed E-state index contributed by atoms with van der Waals surface area (Å²) in [5.41, 5.74) is 5.52. The molecule has 0 N–H and O–H groups in total. The van der Waals surface area contributed by atoms with Gasteiger partial charge < -0.3 is 78.0 Å². The molecule has 36 heteroatoms. The molecule has 0 aliphatic rings. The van der Waals surface area contributed by atoms with Gasteiger partial charge in [-0.15, -0.1) is 34.0 Å². The molecule has 9 heterocycles. The third kappa shape index (κ3) is 24.8. The molecule has 656 valence electrons. The number of ketones is 3. The molecule has 0 saturated carbocycles. The van der Waals surface area contributed by atoms with Crippen LogP contribution in [0.2, 0.25) is 5.02 Å². The second-order valence-electron chi connectivity index (χ2n) is 27.7. The van der Waals surface area contributed by atoms with Crippen molar-refractivity contribution in [3.05, 3.63) is 316 Å². The van der Waals surface area contributed by atoms with Crippen LogP contribution in [0.5, 0.6) is 11.5 Å². The number of aromatic carboxylic acids is 1. The normalized spacial score (nSPS) is 10.5. The Hall–Kier alpha value is -15.4. The van der Waals surface area contributed by atoms with Crippen LogP contribution in [-0.4, -0.2) is 110 Å². The Balaban J connectivity index is 0.000000174. The molecule has 5 aromatic carbocycles. The molecular formula is C92H75ClN10O22S3-6. The number of ether oxygens (including phenoxy) is 2. The summed E-state index contributed by atoms with van der Waals surface area (Å²) in [7, 11) is 4.60. The molecule has 14 rings (SSSR count). The molecule has 0 unspecified atom stereocenters. The van der Waals surface area contributed by atoms with Gasteiger partial charge in [0, 0.05) is 124 Å². The van der Waals surface area contributed by atoms with Crippen LogP contribution >= 0.6 is 45.6 Å². The lowest BCUT2D eigenvalue weighted by molar-refractivity contribution is -0.307. The summed E-state index contributed by atoms with van der Waals surface area (Å²) >= 11 is 9.91. The van der Waals surface area contributed by atoms with E-state index in [-0.39, 0.29) is 72.0 Å². The molecule has 0 spiro atoms. The maximum absolute atomic E-state index is 12.8. The summed E-state index contributed by atoms with van der Waals surface area (Å²) in [5, 5.41) is 77.4. The summed E-state index contributed by atoms with van der Waals surface area (Å²) in [6.45, 7) is 7.15. The van der Waals surface area contributed by atoms with E-state index in [1.54, 1.807) is 129 Å². The minimum Gasteiger partial charge on any atom is -0.550 e. The van der Waals surface area contributed by atoms with Crippen LogP contribution in [0.15, 0.2) is 224 Å². The zero-order chi connectivity index (χ0) is 93.3. The molecule has 9 aromatic heterocycles. The minimum atomic E-state index is -1.65. The zero-order valence-electron chi connectivity index (χ0n) is 69.5. The standard InChI is InChI=1S/C17H14N2O2S.C16H13ClN2O4S.C16H14N2O4.C16H15NO5.C14H11N3O2S.C13H14O5/c20-16(21)11-14-17(13-6-8-18-9-7-13)19-15(22-14)10-12-4-2-1-3-5-12;1-2-11-7-12-14(22)19(10-5-3-4-9(17)6-10)16(23)18(8-13(20)21)15(12)24-11;1-22-13-5-2-11(3-6-13)14-7-4-12(10-17)16(21)18(14)9-8-15(19)20;1-9-3-4-11(7-10(9)2)13-6-5-12(16(21)22)15(20)17(13)8-14(18)19;1-8(18)10-7-20-13-11(10)14(19)17(2)12(16-13)9-4-3-5-15-6-9;1-8(14)9-3-5-12(18-2)10(7-9)11(15)4-6-13(16)17/h1-9H,10-11H2,(H,20,21);3-7H,2,8H2,1H3,(H,20,21);2-7H,8-9H2,1H3,(H,19,20);3-7H,8H2,1-2H3,(H,18,19)(H,21,22);3-7H,1-2H3;3,5,7H,4,6H2,1-2H3,(H,16,17)/p-6. The van der Waals surface area contributed by atoms with Gasteiger partial charge in [-0.1, -0.05) is 67.1 Å². The van der Waals surface area contributed by atoms with E-state index >= 15 is 0 Å². The van der Waals surface area contributed by atoms with Crippen LogP contribution in [0.25, 0.3) is 71.3 Å². The summed E-state index contributed by atoms with van der Waals surface area (Å²) in [4.78, 5) is 181. The number of aryl methyl sites for hydroxylation is 3. The third-order valence-corrected chi connectivity index (χ3v) is 22.5. The number of thiophene rings is 2. The second-order valence-corrected chi connectivity index (χ2v) is 31.3. The largest absolute Gasteiger partial charge is 0.550 e. The molecule has 128 heavy (non-hydrogen) atoms. The Labute approximate surface area is 744 Å². The molecule has 0 amide bonds. The van der Waals surface area contributed by atoms with Crippen molar-refractivity contribution in [1.82, 2.24) is 42.8 Å². The number of carbonyl (C=O) groups is 9. The highest BCUT2D eigenvalue weighted by molar-refractivity contribution is 7.18. The van der Waals surface area contributed by atoms with Gasteiger partial charge in [0.15, 0.2) is 17.3 Å². The monoisotopic (exact) mass is 1800 g/mol. The first-order valence-corrected chi connectivity index (χ1v) is 41.3. The lowest BCUT2D eigenvalue weighted by atomic mass is 10.0. The number of aromatic nitrogens is 9. The highest BCUT2D eigenvalue weighted by Gasteiger charge is 2.22. The van der Waals surface area contributed by atoms with Gasteiger partial charge in [0.05, 0.1) is 94.9 Å². The predicted molar refractivity (Wildman–Crippen MR) is 466 cm³/mol. The van der Waals surface area contributed by atoms with E-state index in [4.69, 9.17) is 26.3 Å². The first-order valence-electron chi connectivity index (χ1n) is 38.5. The third-order valence-electron chi connectivity index (χ3n) is 19.0. The van der Waals surface area contributed by atoms with Crippen molar-refractivity contribution in [3.63, 3.8) is 0 Å². The number of Topliss-reactive ketones (excluding diaryl/α,β-unsaturated/α-hetero) is 3. The number of benzene rings is 5. The highest BCUT2D eigenvalue weighted by Crippen LogP contribution is 2.32. The zero-order valence-corrected chi connectivity index (χ0v) is 72.7. The Kier molecular flexibility index (Phi) is 33.7. The molecule has 0 aliphatic carbocycles. The van der Waals surface area contributed by atoms with Crippen molar-refractivity contribution in [1.29, 1.82) is 5.26 Å². The Morgan fingerprint density at radius 2 is 1.23 bits per heavy atom. The van der Waals surface area contributed by atoms with Crippen LogP contribution in [0, 0.1) is 25.2 Å². The van der Waals surface area contributed by atoms with E-state index in [2.05, 4.69) is 19.9 Å². The minimum absolute atomic E-state index is 0.0318. The van der Waals surface area contributed by atoms with Gasteiger partial charge in [-0.3, -0.25) is 52.7 Å². The summed E-state index contributed by atoms with van der Waals surface area (Å²) < 4.78 is 15.7. The van der Waals surface area contributed by atoms with Gasteiger partial charge in [-0.25, -0.2) is 19.3 Å². The summed E-state index contributed by atoms with van der Waals surface area (Å²) in [6, 6.07) is 49.5. The number of pyridine rings is 4. The van der Waals surface area contributed by atoms with Gasteiger partial charge in [0.25, 0.3) is 22.2 Å². The van der Waals surface area contributed by atoms with Crippen molar-refractivity contribution in [2.24, 2.45) is 7.05 Å². The van der Waals surface area contributed by atoms with E-state index in [0.29, 0.717) is 89.4 Å². The lowest BCUT2D eigenvalue weighted by Crippen LogP contribution is -2.41. The number of carboxylic acid groups (broad SMARTS) is 6. The van der Waals surface area contributed by atoms with Crippen molar-refractivity contribution >= 4 is 119 Å². The van der Waals surface area contributed by atoms with E-state index in [1.165, 1.54) is 94.4 Å². The molecule has 0 atom stereocenters. The molecule has 14 aromatic rings. The Morgan fingerprint density at radius 3 is 1.82 bits per heavy atom. The molecule has 0 bridgehead atoms. The topological polar surface area (TPSA) is 496 Å². The molecule has 0 fully saturated rings. The van der Waals surface area contributed by atoms with Crippen LogP contribution in [0.1, 0.15) is 118 Å². The lowest BCUT2D eigenvalue weighted by Gasteiger charge is -2.16. The molecule has 0 saturated heterocycles. The average molecular weight is 1800 g/mol. The summed E-state index contributed by atoms with van der Waals surface area (Å²) in [6.07, 6.45) is 7.08. The number of rotatable bonds is 26. The van der Waals surface area contributed by atoms with E-state index in [0.717, 1.165) is 67.9 Å². The molecule has 0 radical (unpaired) electrons. The number of carboxylic acids is 6. The number of halogens is 1. The first kappa shape index (κ1) is 96.4. The number of nitrogens with zero attached hydrogens (tertiary/aromatic N) is 10. The van der Waals surface area contributed by atoms with Crippen LogP contribution in [0.4, 0.5) is 0 Å². The number of thiazole rings is 1. The van der Waals surface area contributed by atoms with E-state index in [1.807, 2.05) is 75.4 Å². The average Bonchev–Trinajstić information content (AvgIpc) is 1.59. The van der Waals surface area contributed by atoms with Gasteiger partial charge >= 0.3 is 5.69 Å². The van der Waals surface area contributed by atoms with Crippen molar-refractivity contribution in [3.8, 4) is 68.4 Å². The number of carbonyl (C=O) groups excluding carboxylic acids is 9. The Bertz CT molecular complexity index is 6910. The van der Waals surface area contributed by atoms with Crippen molar-refractivity contribution < 1.29 is 83.3 Å². The molecule has 32 nitrogen and oxygen atoms in total. The van der Waals surface area contributed by atoms with Crippen LogP contribution < -0.4 is 68.0 Å². The number of aliphatic carboxylic acids is 5. The van der Waals surface area contributed by atoms with Crippen molar-refractivity contribution in [2.75, 3.05) is 14.2 Å². The summed E-state index contributed by atoms with van der Waals surface area (Å²) in [5.74, 6) is -7.32. The van der Waals surface area contributed by atoms with Crippen molar-refractivity contribution in [2.45, 2.75) is 92.8 Å². The van der Waals surface area contributed by atoms with E-state index in [9.17, 15) is 97.8 Å². The number of hydrogen-bond donors (Lipinski definition) is 0. The van der Waals surface area contributed by atoms with Gasteiger partial charge in [-0.2, -0.15) is 5.26 Å². The maximum Gasteiger partial charge on any atom is 0.337 e. The highest BCUT2D eigenvalue weighted by atomic mass is 35.5. The predicted octanol–water partition coefficient (Wildman–Crippen LogP) is 5.92. The number of hydrogen-bond acceptors (Lipinski definition) is 30. The Morgan fingerprint density at radius 1 is 0.555 bits per heavy atom. The number of nitriles is 1. The van der Waals surface area contributed by atoms with Gasteiger partial charge in [0.1, 0.15) is 38.6 Å². The SMILES string of the molecule is CC(=O)c1csc2nc(-c3cccnc3)n(C)c(=O)c12.CCc1cc2c(=O)n(-c3cccc(Cl)c3)c(=O)n(CC(=O)[O-])c2s1.COc1ccc(-c2ccc(C#N)c(=O)n2CCC(=O)[O-])cc1.COc1ccc(C(C)=O)cc1C(=O)CCC(=O)[O-].Cc1ccc(-c2ccc(C(=O)[O-])c(=O)n2CC(=O)[O-])cc1C.O=C([O-])Cc1sc(Cc2ccccc2)nc1-c1ccncc1. The van der Waals surface area contributed by atoms with Gasteiger partial charge in [0.2, 0.25) is 0 Å². The second kappa shape index (κ2) is 44.8. The fraction of sp³-hybridized carbons (Fsp3) is 0.185. The van der Waals surface area contributed by atoms with Crippen LogP contribution in [-0.2, 0) is 69.9 Å².